The number of hydrogen-bond acceptors (Lipinski definition) is 9. The molecule has 42 heavy (non-hydrogen) atoms. The largest absolute Gasteiger partial charge is 0.450 e. The quantitative estimate of drug-likeness (QED) is 0.164. The molecule has 0 unspecified atom stereocenters. The molecule has 3 amide bonds. The number of amidine groups is 1. The van der Waals surface area contributed by atoms with Gasteiger partial charge >= 0.3 is 0 Å². The zero-order valence-electron chi connectivity index (χ0n) is 22.2. The molecule has 206 valence electrons. The summed E-state index contributed by atoms with van der Waals surface area (Å²) in [5.74, 6) is -0.349. The van der Waals surface area contributed by atoms with Crippen molar-refractivity contribution < 1.29 is 18.8 Å². The van der Waals surface area contributed by atoms with Crippen LogP contribution in [0.25, 0.3) is 16.3 Å². The molecule has 0 saturated carbocycles. The number of anilines is 1. The van der Waals surface area contributed by atoms with Crippen molar-refractivity contribution in [1.82, 2.24) is 10.3 Å². The second kappa shape index (κ2) is 10.4. The Morgan fingerprint density at radius 2 is 1.71 bits per heavy atom. The number of aryl methyl sites for hydroxylation is 2. The molecule has 11 heteroatoms. The molecular formula is C31H20N4O4S3. The van der Waals surface area contributed by atoms with Gasteiger partial charge in [-0.05, 0) is 103 Å². The van der Waals surface area contributed by atoms with Crippen LogP contribution in [0.3, 0.4) is 0 Å². The molecule has 8 nitrogen and oxygen atoms in total. The Labute approximate surface area is 252 Å². The molecule has 3 aromatic carbocycles. The van der Waals surface area contributed by atoms with Crippen LogP contribution in [0.1, 0.15) is 37.6 Å². The van der Waals surface area contributed by atoms with E-state index in [-0.39, 0.29) is 17.7 Å². The minimum atomic E-state index is -0.330. The lowest BCUT2D eigenvalue weighted by atomic mass is 10.1. The van der Waals surface area contributed by atoms with Crippen molar-refractivity contribution in [2.45, 2.75) is 23.3 Å². The monoisotopic (exact) mass is 608 g/mol. The predicted molar refractivity (Wildman–Crippen MR) is 167 cm³/mol. The number of nitrogens with zero attached hydrogens (tertiary/aromatic N) is 3. The molecule has 4 heterocycles. The summed E-state index contributed by atoms with van der Waals surface area (Å²) in [7, 11) is 0. The number of nitrogens with one attached hydrogen (secondary N) is 1. The summed E-state index contributed by atoms with van der Waals surface area (Å²) in [5, 5.41) is 3.95. The van der Waals surface area contributed by atoms with Gasteiger partial charge in [0.25, 0.3) is 17.7 Å². The highest BCUT2D eigenvalue weighted by Crippen LogP contribution is 2.38. The minimum Gasteiger partial charge on any atom is -0.450 e. The maximum Gasteiger partial charge on any atom is 0.266 e. The summed E-state index contributed by atoms with van der Waals surface area (Å²) < 4.78 is 7.55. The zero-order chi connectivity index (χ0) is 29.0. The Morgan fingerprint density at radius 1 is 0.929 bits per heavy atom. The summed E-state index contributed by atoms with van der Waals surface area (Å²) in [6.07, 6.45) is 1.69. The lowest BCUT2D eigenvalue weighted by Crippen LogP contribution is -2.29. The van der Waals surface area contributed by atoms with Crippen LogP contribution in [0.4, 0.5) is 11.4 Å². The highest BCUT2D eigenvalue weighted by atomic mass is 32.2. The molecule has 0 radical (unpaired) electrons. The Balaban J connectivity index is 1.07. The van der Waals surface area contributed by atoms with Crippen molar-refractivity contribution in [1.29, 1.82) is 0 Å². The fourth-order valence-corrected chi connectivity index (χ4v) is 7.40. The van der Waals surface area contributed by atoms with Crippen molar-refractivity contribution in [3.8, 4) is 0 Å². The van der Waals surface area contributed by atoms with E-state index in [2.05, 4.69) is 15.3 Å². The number of fused-ring (bicyclic) bond motifs is 2. The Bertz CT molecular complexity index is 1990. The molecule has 1 N–H and O–H groups in total. The highest BCUT2D eigenvalue weighted by molar-refractivity contribution is 8.18. The summed E-state index contributed by atoms with van der Waals surface area (Å²) in [5.41, 5.74) is 5.19. The predicted octanol–water partition coefficient (Wildman–Crippen LogP) is 7.35. The average molecular weight is 609 g/mol. The van der Waals surface area contributed by atoms with Gasteiger partial charge in [0.05, 0.1) is 37.6 Å². The molecule has 2 aromatic heterocycles. The van der Waals surface area contributed by atoms with Crippen LogP contribution in [0.15, 0.2) is 96.5 Å². The van der Waals surface area contributed by atoms with Crippen molar-refractivity contribution >= 4 is 85.4 Å². The van der Waals surface area contributed by atoms with Crippen LogP contribution < -0.4 is 10.2 Å². The fraction of sp³-hybridized carbons (Fsp3) is 0.0645. The maximum absolute atomic E-state index is 12.9. The molecule has 0 atom stereocenters. The summed E-state index contributed by atoms with van der Waals surface area (Å²) in [4.78, 5) is 49.3. The van der Waals surface area contributed by atoms with Gasteiger partial charge < -0.3 is 9.73 Å². The fourth-order valence-electron chi connectivity index (χ4n) is 4.57. The van der Waals surface area contributed by atoms with E-state index in [1.54, 1.807) is 48.5 Å². The lowest BCUT2D eigenvalue weighted by molar-refractivity contribution is -0.115. The van der Waals surface area contributed by atoms with E-state index in [0.717, 1.165) is 25.8 Å². The van der Waals surface area contributed by atoms with Crippen LogP contribution in [0.2, 0.25) is 0 Å². The number of carbonyl (C=O) groups excluding carboxylic acids is 3. The van der Waals surface area contributed by atoms with E-state index in [0.29, 0.717) is 37.7 Å². The average Bonchev–Trinajstić information content (AvgIpc) is 3.73. The summed E-state index contributed by atoms with van der Waals surface area (Å²) >= 11 is 4.06. The molecule has 1 saturated heterocycles. The number of carbonyl (C=O) groups is 3. The molecule has 0 aliphatic carbocycles. The van der Waals surface area contributed by atoms with Crippen LogP contribution in [0.5, 0.6) is 0 Å². The molecule has 1 fully saturated rings. The van der Waals surface area contributed by atoms with Gasteiger partial charge in [-0.25, -0.2) is 14.9 Å². The smallest absolute Gasteiger partial charge is 0.266 e. The SMILES string of the molecule is Cc1ccc(N=C2NC(=O)/C(=C/c3ccc(Sc4nc5ccc(N6C(=O)c7ccccc7C6=O)cc5s4)o3)S2)cc1C. The van der Waals surface area contributed by atoms with Crippen LogP contribution >= 0.6 is 34.9 Å². The molecular weight excluding hydrogens is 589 g/mol. The standard InChI is InChI=1S/C31H20N4O4S3/c1-16-7-8-18(13-17(16)2)32-30-34-27(36)25(40-30)15-20-10-12-26(39-20)42-31-33-23-11-9-19(14-24(23)41-31)35-28(37)21-5-3-4-6-22(21)29(35)38/h3-15H,1-2H3,(H,32,34,36)/b25-15-. The summed E-state index contributed by atoms with van der Waals surface area (Å²) in [6, 6.07) is 21.7. The molecule has 7 rings (SSSR count). The first-order valence-corrected chi connectivity index (χ1v) is 15.3. The second-order valence-corrected chi connectivity index (χ2v) is 12.9. The van der Waals surface area contributed by atoms with Gasteiger partial charge in [0, 0.05) is 6.08 Å². The van der Waals surface area contributed by atoms with Crippen molar-refractivity contribution in [2.75, 3.05) is 4.90 Å². The first-order valence-electron chi connectivity index (χ1n) is 12.9. The highest BCUT2D eigenvalue weighted by Gasteiger charge is 2.36. The van der Waals surface area contributed by atoms with Gasteiger partial charge in [-0.3, -0.25) is 14.4 Å². The third-order valence-corrected chi connectivity index (χ3v) is 9.75. The summed E-state index contributed by atoms with van der Waals surface area (Å²) in [6.45, 7) is 4.07. The van der Waals surface area contributed by atoms with E-state index >= 15 is 0 Å². The van der Waals surface area contributed by atoms with E-state index in [1.807, 2.05) is 44.2 Å². The third kappa shape index (κ3) is 4.85. The van der Waals surface area contributed by atoms with Gasteiger partial charge in [-0.15, -0.1) is 11.3 Å². The van der Waals surface area contributed by atoms with Crippen LogP contribution in [-0.4, -0.2) is 27.9 Å². The first-order chi connectivity index (χ1) is 20.3. The van der Waals surface area contributed by atoms with Gasteiger partial charge in [0.2, 0.25) is 0 Å². The van der Waals surface area contributed by atoms with Gasteiger partial charge in [0.15, 0.2) is 14.6 Å². The molecule has 0 bridgehead atoms. The number of imide groups is 1. The normalized spacial score (nSPS) is 16.7. The van der Waals surface area contributed by atoms with E-state index in [9.17, 15) is 14.4 Å². The third-order valence-electron chi connectivity index (χ3n) is 6.84. The van der Waals surface area contributed by atoms with Gasteiger partial charge in [-0.1, -0.05) is 18.2 Å². The van der Waals surface area contributed by atoms with E-state index in [4.69, 9.17) is 4.42 Å². The van der Waals surface area contributed by atoms with E-state index < -0.39 is 0 Å². The number of furan rings is 1. The van der Waals surface area contributed by atoms with Gasteiger partial charge in [0.1, 0.15) is 5.76 Å². The number of benzene rings is 3. The van der Waals surface area contributed by atoms with Crippen LogP contribution in [-0.2, 0) is 4.79 Å². The Hall–Kier alpha value is -4.45. The number of thioether (sulfide) groups is 1. The second-order valence-electron chi connectivity index (χ2n) is 9.63. The first kappa shape index (κ1) is 26.4. The minimum absolute atomic E-state index is 0.228. The Morgan fingerprint density at radius 3 is 2.48 bits per heavy atom. The zero-order valence-corrected chi connectivity index (χ0v) is 24.7. The number of hydrogen-bond donors (Lipinski definition) is 1. The Kier molecular flexibility index (Phi) is 6.57. The number of thiazole rings is 1. The van der Waals surface area contributed by atoms with Gasteiger partial charge in [-0.2, -0.15) is 0 Å². The number of aliphatic imine (C=N–C) groups is 1. The molecule has 2 aliphatic heterocycles. The topological polar surface area (TPSA) is 105 Å². The molecule has 0 spiro atoms. The maximum atomic E-state index is 12.9. The molecule has 5 aromatic rings. The number of amides is 3. The number of aromatic nitrogens is 1. The molecule has 2 aliphatic rings. The van der Waals surface area contributed by atoms with Crippen molar-refractivity contribution in [2.24, 2.45) is 4.99 Å². The number of rotatable bonds is 5. The lowest BCUT2D eigenvalue weighted by Gasteiger charge is -2.13. The van der Waals surface area contributed by atoms with Crippen LogP contribution in [0, 0.1) is 13.8 Å². The van der Waals surface area contributed by atoms with Crippen molar-refractivity contribution in [3.63, 3.8) is 0 Å². The van der Waals surface area contributed by atoms with E-state index in [1.165, 1.54) is 45.3 Å². The van der Waals surface area contributed by atoms with Crippen molar-refractivity contribution in [3.05, 3.63) is 106 Å².